The molecule has 1 unspecified atom stereocenters. The van der Waals surface area contributed by atoms with Gasteiger partial charge in [0.15, 0.2) is 12.2 Å². The van der Waals surface area contributed by atoms with E-state index < -0.39 is 17.6 Å². The first kappa shape index (κ1) is 29.1. The van der Waals surface area contributed by atoms with E-state index in [2.05, 4.69) is 15.3 Å². The Morgan fingerprint density at radius 2 is 2.02 bits per heavy atom. The van der Waals surface area contributed by atoms with Crippen molar-refractivity contribution in [2.45, 2.75) is 25.6 Å². The lowest BCUT2D eigenvalue weighted by molar-refractivity contribution is -0.137. The van der Waals surface area contributed by atoms with Crippen molar-refractivity contribution in [2.24, 2.45) is 10.9 Å². The number of aromatic nitrogens is 3. The molecule has 1 atom stereocenters. The number of carbonyl (C=O) groups is 2. The maximum atomic E-state index is 13.3. The lowest BCUT2D eigenvalue weighted by Crippen LogP contribution is -2.26. The number of thiophene rings is 1. The summed E-state index contributed by atoms with van der Waals surface area (Å²) in [6.07, 6.45) is 5.60. The molecular formula is C31H25F3N6O3S. The molecule has 5 aromatic rings. The van der Waals surface area contributed by atoms with Gasteiger partial charge >= 0.3 is 6.18 Å². The first-order chi connectivity index (χ1) is 21.2. The lowest BCUT2D eigenvalue weighted by atomic mass is 10.0. The van der Waals surface area contributed by atoms with Crippen LogP contribution in [-0.4, -0.2) is 39.6 Å². The highest BCUT2D eigenvalue weighted by molar-refractivity contribution is 7.17. The maximum Gasteiger partial charge on any atom is 0.416 e. The van der Waals surface area contributed by atoms with E-state index >= 15 is 0 Å². The summed E-state index contributed by atoms with van der Waals surface area (Å²) >= 11 is 1.25. The zero-order valence-electron chi connectivity index (χ0n) is 23.3. The van der Waals surface area contributed by atoms with E-state index in [1.807, 2.05) is 16.9 Å². The average Bonchev–Trinajstić information content (AvgIpc) is 3.79. The number of aryl methyl sites for hydroxylation is 1. The van der Waals surface area contributed by atoms with E-state index in [4.69, 9.17) is 9.40 Å². The molecule has 4 heterocycles. The van der Waals surface area contributed by atoms with Crippen LogP contribution in [0.3, 0.4) is 0 Å². The highest BCUT2D eigenvalue weighted by Gasteiger charge is 2.31. The summed E-state index contributed by atoms with van der Waals surface area (Å²) in [4.78, 5) is 41.8. The molecule has 2 amide bonds. The lowest BCUT2D eigenvalue weighted by Gasteiger charge is -2.18. The van der Waals surface area contributed by atoms with E-state index in [-0.39, 0.29) is 17.4 Å². The van der Waals surface area contributed by atoms with Crippen molar-refractivity contribution in [1.29, 1.82) is 0 Å². The van der Waals surface area contributed by atoms with Gasteiger partial charge in [0.05, 0.1) is 32.5 Å². The molecule has 224 valence electrons. The van der Waals surface area contributed by atoms with Crippen LogP contribution >= 0.6 is 11.3 Å². The molecule has 13 heteroatoms. The van der Waals surface area contributed by atoms with Crippen molar-refractivity contribution in [3.63, 3.8) is 0 Å². The van der Waals surface area contributed by atoms with Crippen LogP contribution < -0.4 is 10.2 Å². The van der Waals surface area contributed by atoms with Gasteiger partial charge in [-0.15, -0.1) is 11.3 Å². The number of halogens is 3. The number of amides is 2. The van der Waals surface area contributed by atoms with Crippen LogP contribution in [0.5, 0.6) is 0 Å². The number of nitrogens with one attached hydrogen (secondary N) is 1. The molecule has 1 aliphatic heterocycles. The summed E-state index contributed by atoms with van der Waals surface area (Å²) in [5.74, 6) is 0.149. The zero-order valence-corrected chi connectivity index (χ0v) is 24.1. The summed E-state index contributed by atoms with van der Waals surface area (Å²) in [6.45, 7) is 0.531. The van der Waals surface area contributed by atoms with Crippen molar-refractivity contribution in [3.8, 4) is 10.6 Å². The van der Waals surface area contributed by atoms with Crippen molar-refractivity contribution >= 4 is 52.0 Å². The molecule has 9 nitrogen and oxygen atoms in total. The largest absolute Gasteiger partial charge is 0.443 e. The first-order valence-corrected chi connectivity index (χ1v) is 14.4. The zero-order chi connectivity index (χ0) is 30.8. The number of anilines is 2. The normalized spacial score (nSPS) is 14.7. The second kappa shape index (κ2) is 11.9. The molecule has 0 spiro atoms. The molecular weight excluding hydrogens is 593 g/mol. The summed E-state index contributed by atoms with van der Waals surface area (Å²) in [5.41, 5.74) is 0.670. The molecule has 1 N–H and O–H groups in total. The van der Waals surface area contributed by atoms with Crippen LogP contribution in [0, 0.1) is 5.92 Å². The monoisotopic (exact) mass is 618 g/mol. The topological polar surface area (TPSA) is 106 Å². The van der Waals surface area contributed by atoms with Crippen LogP contribution in [0.15, 0.2) is 88.9 Å². The van der Waals surface area contributed by atoms with Crippen LogP contribution in [0.25, 0.3) is 21.7 Å². The molecule has 3 aromatic heterocycles. The van der Waals surface area contributed by atoms with Crippen molar-refractivity contribution in [3.05, 3.63) is 95.5 Å². The molecule has 1 aliphatic rings. The first-order valence-electron chi connectivity index (χ1n) is 13.6. The number of alkyl halides is 3. The highest BCUT2D eigenvalue weighted by Crippen LogP contribution is 2.32. The van der Waals surface area contributed by atoms with E-state index in [0.717, 1.165) is 35.4 Å². The fourth-order valence-corrected chi connectivity index (χ4v) is 5.75. The third-order valence-electron chi connectivity index (χ3n) is 7.24. The Kier molecular flexibility index (Phi) is 7.87. The third kappa shape index (κ3) is 6.04. The van der Waals surface area contributed by atoms with Gasteiger partial charge in [0, 0.05) is 37.3 Å². The number of nitrogens with zero attached hydrogens (tertiary/aromatic N) is 5. The van der Waals surface area contributed by atoms with Gasteiger partial charge in [-0.3, -0.25) is 19.9 Å². The van der Waals surface area contributed by atoms with Crippen LogP contribution in [0.4, 0.5) is 24.8 Å². The number of benzene rings is 2. The van der Waals surface area contributed by atoms with Gasteiger partial charge in [-0.2, -0.15) is 13.2 Å². The summed E-state index contributed by atoms with van der Waals surface area (Å²) in [5, 5.41) is 2.92. The Morgan fingerprint density at radius 3 is 2.77 bits per heavy atom. The maximum absolute atomic E-state index is 13.3. The van der Waals surface area contributed by atoms with Gasteiger partial charge in [-0.05, 0) is 67.3 Å². The predicted molar refractivity (Wildman–Crippen MR) is 162 cm³/mol. The number of imidazole rings is 1. The number of rotatable bonds is 8. The van der Waals surface area contributed by atoms with Gasteiger partial charge in [0.2, 0.25) is 5.95 Å². The van der Waals surface area contributed by atoms with Crippen molar-refractivity contribution < 1.29 is 27.2 Å². The Morgan fingerprint density at radius 1 is 1.16 bits per heavy atom. The minimum atomic E-state index is -4.57. The number of fused-ring (bicyclic) bond motifs is 1. The number of aliphatic imine (C=N–C) groups is 1. The third-order valence-corrected chi connectivity index (χ3v) is 8.34. The predicted octanol–water partition coefficient (Wildman–Crippen LogP) is 7.30. The quantitative estimate of drug-likeness (QED) is 0.197. The second-order valence-corrected chi connectivity index (χ2v) is 11.2. The highest BCUT2D eigenvalue weighted by atomic mass is 32.1. The standard InChI is InChI=1S/C31H25F3N6O3S/c1-39(29(42)20-5-2-6-21(14-20)31(32,33)34)22-7-8-24-23(15-22)37-30(40(24)13-11-19-4-3-12-35-16-19)38-28(41)27-10-9-26(44-27)25-17-36-18-43-25/h2-3,5-10,12,14-19H,4,11,13H2,1H3,(H,37,38,41). The van der Waals surface area contributed by atoms with Gasteiger partial charge in [-0.1, -0.05) is 12.1 Å². The second-order valence-electron chi connectivity index (χ2n) is 10.2. The fourth-order valence-electron chi connectivity index (χ4n) is 4.90. The van der Waals surface area contributed by atoms with Gasteiger partial charge < -0.3 is 13.9 Å². The molecule has 0 fully saturated rings. The summed E-state index contributed by atoms with van der Waals surface area (Å²) < 4.78 is 46.9. The molecule has 2 aromatic carbocycles. The Balaban J connectivity index is 1.29. The van der Waals surface area contributed by atoms with E-state index in [9.17, 15) is 22.8 Å². The molecule has 0 radical (unpaired) electrons. The van der Waals surface area contributed by atoms with Crippen LogP contribution in [0.1, 0.15) is 38.4 Å². The van der Waals surface area contributed by atoms with E-state index in [1.165, 1.54) is 41.8 Å². The van der Waals surface area contributed by atoms with Crippen molar-refractivity contribution in [1.82, 2.24) is 14.5 Å². The molecule has 6 rings (SSSR count). The molecule has 0 bridgehead atoms. The smallest absolute Gasteiger partial charge is 0.416 e. The molecule has 0 saturated heterocycles. The average molecular weight is 619 g/mol. The number of oxazole rings is 1. The van der Waals surface area contributed by atoms with Gasteiger partial charge in [0.25, 0.3) is 11.8 Å². The molecule has 0 saturated carbocycles. The minimum absolute atomic E-state index is 0.0928. The van der Waals surface area contributed by atoms with Gasteiger partial charge in [-0.25, -0.2) is 9.97 Å². The summed E-state index contributed by atoms with van der Waals surface area (Å²) in [7, 11) is 1.49. The molecule has 44 heavy (non-hydrogen) atoms. The summed E-state index contributed by atoms with van der Waals surface area (Å²) in [6, 6.07) is 12.9. The number of hydrogen-bond acceptors (Lipinski definition) is 7. The fraction of sp³-hybridized carbons (Fsp3) is 0.194. The van der Waals surface area contributed by atoms with Crippen molar-refractivity contribution in [2.75, 3.05) is 17.3 Å². The van der Waals surface area contributed by atoms with E-state index in [0.29, 0.717) is 34.3 Å². The van der Waals surface area contributed by atoms with Crippen LogP contribution in [-0.2, 0) is 12.7 Å². The Bertz CT molecular complexity index is 1890. The minimum Gasteiger partial charge on any atom is -0.443 e. The van der Waals surface area contributed by atoms with E-state index in [1.54, 1.807) is 42.7 Å². The molecule has 0 aliphatic carbocycles. The number of allylic oxidation sites excluding steroid dienone is 1. The Hall–Kier alpha value is -5.04. The number of hydrogen-bond donors (Lipinski definition) is 1. The van der Waals surface area contributed by atoms with Gasteiger partial charge in [0.1, 0.15) is 0 Å². The van der Waals surface area contributed by atoms with Crippen LogP contribution in [0.2, 0.25) is 0 Å². The SMILES string of the molecule is CN(C(=O)c1cccc(C(F)(F)F)c1)c1ccc2c(c1)nc(NC(=O)c1ccc(-c3cnco3)s1)n2CCC1C=NC=CC1. The number of carbonyl (C=O) groups excluding carboxylic acids is 2. The Labute approximate surface area is 253 Å².